The monoisotopic (exact) mass is 455 g/mol. The topological polar surface area (TPSA) is 50.3 Å². The molecule has 2 amide bonds. The summed E-state index contributed by atoms with van der Waals surface area (Å²) >= 11 is 0. The van der Waals surface area contributed by atoms with Gasteiger partial charge in [-0.1, -0.05) is 18.6 Å². The van der Waals surface area contributed by atoms with E-state index < -0.39 is 0 Å². The van der Waals surface area contributed by atoms with Crippen molar-refractivity contribution >= 4 is 11.8 Å². The highest BCUT2D eigenvalue weighted by Crippen LogP contribution is 2.14. The zero-order chi connectivity index (χ0) is 23.0. The lowest BCUT2D eigenvalue weighted by Crippen LogP contribution is -2.49. The molecule has 0 N–H and O–H groups in total. The number of hydrogen-bond donors (Lipinski definition) is 0. The van der Waals surface area contributed by atoms with E-state index in [2.05, 4.69) is 26.8 Å². The number of carbonyl (C=O) groups excluding carboxylic acids is 2. The van der Waals surface area contributed by atoms with Gasteiger partial charge in [0.1, 0.15) is 0 Å². The van der Waals surface area contributed by atoms with E-state index in [1.54, 1.807) is 0 Å². The van der Waals surface area contributed by atoms with Gasteiger partial charge in [0.2, 0.25) is 5.91 Å². The third-order valence-electron chi connectivity index (χ3n) is 7.44. The third kappa shape index (κ3) is 7.01. The third-order valence-corrected chi connectivity index (χ3v) is 7.44. The number of rotatable bonds is 8. The van der Waals surface area contributed by atoms with Crippen molar-refractivity contribution in [3.8, 4) is 0 Å². The number of amides is 2. The van der Waals surface area contributed by atoms with Crippen LogP contribution in [0.25, 0.3) is 0 Å². The maximum atomic E-state index is 12.8. The van der Waals surface area contributed by atoms with Crippen LogP contribution in [0, 0.1) is 0 Å². The Bertz CT molecular complexity index is 763. The standard InChI is InChI=1S/C26H41N5O2/c1-27(15-16-28-11-3-2-4-12-28)26(33)24-9-7-23(8-10-24)21-29-17-19-30(20-18-29)22-25(32)31-13-5-6-14-31/h7-10H,2-6,11-22H2,1H3. The van der Waals surface area contributed by atoms with Crippen molar-refractivity contribution in [2.24, 2.45) is 0 Å². The molecule has 3 aliphatic heterocycles. The Balaban J connectivity index is 1.17. The number of likely N-dealkylation sites (N-methyl/N-ethyl adjacent to an activating group) is 1. The summed E-state index contributed by atoms with van der Waals surface area (Å²) in [7, 11) is 1.91. The van der Waals surface area contributed by atoms with Gasteiger partial charge in [0, 0.05) is 71.5 Å². The Morgan fingerprint density at radius 1 is 0.758 bits per heavy atom. The second kappa shape index (κ2) is 12.0. The summed E-state index contributed by atoms with van der Waals surface area (Å²) in [6, 6.07) is 8.13. The average molecular weight is 456 g/mol. The highest BCUT2D eigenvalue weighted by molar-refractivity contribution is 5.94. The fourth-order valence-electron chi connectivity index (χ4n) is 5.17. The first-order valence-corrected chi connectivity index (χ1v) is 12.9. The molecule has 3 fully saturated rings. The van der Waals surface area contributed by atoms with Gasteiger partial charge in [-0.2, -0.15) is 0 Å². The lowest BCUT2D eigenvalue weighted by atomic mass is 10.1. The molecule has 0 atom stereocenters. The van der Waals surface area contributed by atoms with Crippen LogP contribution in [0.2, 0.25) is 0 Å². The van der Waals surface area contributed by atoms with Gasteiger partial charge < -0.3 is 14.7 Å². The first-order chi connectivity index (χ1) is 16.1. The normalized spacial score (nSPS) is 20.8. The van der Waals surface area contributed by atoms with Crippen molar-refractivity contribution in [3.05, 3.63) is 35.4 Å². The second-order valence-corrected chi connectivity index (χ2v) is 9.97. The van der Waals surface area contributed by atoms with Crippen molar-refractivity contribution in [3.63, 3.8) is 0 Å². The van der Waals surface area contributed by atoms with E-state index >= 15 is 0 Å². The average Bonchev–Trinajstić information content (AvgIpc) is 3.40. The quantitative estimate of drug-likeness (QED) is 0.600. The van der Waals surface area contributed by atoms with E-state index in [0.717, 1.165) is 77.3 Å². The summed E-state index contributed by atoms with van der Waals surface area (Å²) in [5.41, 5.74) is 2.01. The molecule has 1 aromatic carbocycles. The van der Waals surface area contributed by atoms with Gasteiger partial charge in [-0.25, -0.2) is 0 Å². The van der Waals surface area contributed by atoms with Crippen LogP contribution in [0.3, 0.4) is 0 Å². The number of piperidine rings is 1. The van der Waals surface area contributed by atoms with Gasteiger partial charge in [0.25, 0.3) is 5.91 Å². The Labute approximate surface area is 199 Å². The van der Waals surface area contributed by atoms with Gasteiger partial charge in [0.05, 0.1) is 6.54 Å². The molecule has 0 radical (unpaired) electrons. The molecule has 3 heterocycles. The Morgan fingerprint density at radius 2 is 1.36 bits per heavy atom. The van der Waals surface area contributed by atoms with Gasteiger partial charge in [-0.3, -0.25) is 19.4 Å². The van der Waals surface area contributed by atoms with Crippen LogP contribution in [-0.4, -0.2) is 115 Å². The molecular weight excluding hydrogens is 414 g/mol. The number of likely N-dealkylation sites (tertiary alicyclic amines) is 2. The molecule has 182 valence electrons. The van der Waals surface area contributed by atoms with E-state index in [1.807, 2.05) is 29.0 Å². The molecule has 0 spiro atoms. The highest BCUT2D eigenvalue weighted by atomic mass is 16.2. The second-order valence-electron chi connectivity index (χ2n) is 9.97. The van der Waals surface area contributed by atoms with Crippen molar-refractivity contribution in [1.82, 2.24) is 24.5 Å². The fraction of sp³-hybridized carbons (Fsp3) is 0.692. The molecule has 7 heteroatoms. The zero-order valence-electron chi connectivity index (χ0n) is 20.4. The number of piperazine rings is 1. The van der Waals surface area contributed by atoms with Gasteiger partial charge in [-0.15, -0.1) is 0 Å². The molecule has 0 aromatic heterocycles. The largest absolute Gasteiger partial charge is 0.342 e. The minimum atomic E-state index is 0.106. The first kappa shape index (κ1) is 24.2. The van der Waals surface area contributed by atoms with E-state index in [9.17, 15) is 9.59 Å². The van der Waals surface area contributed by atoms with Crippen molar-refractivity contribution in [2.45, 2.75) is 38.6 Å². The van der Waals surface area contributed by atoms with Gasteiger partial charge >= 0.3 is 0 Å². The van der Waals surface area contributed by atoms with Crippen LogP contribution < -0.4 is 0 Å². The number of carbonyl (C=O) groups is 2. The Morgan fingerprint density at radius 3 is 2.03 bits per heavy atom. The van der Waals surface area contributed by atoms with E-state index in [-0.39, 0.29) is 5.91 Å². The minimum absolute atomic E-state index is 0.106. The molecule has 0 saturated carbocycles. The fourth-order valence-corrected chi connectivity index (χ4v) is 5.17. The van der Waals surface area contributed by atoms with Crippen LogP contribution in [0.5, 0.6) is 0 Å². The first-order valence-electron chi connectivity index (χ1n) is 12.9. The lowest BCUT2D eigenvalue weighted by Gasteiger charge is -2.35. The number of nitrogens with zero attached hydrogens (tertiary/aromatic N) is 5. The summed E-state index contributed by atoms with van der Waals surface area (Å²) in [6.07, 6.45) is 6.21. The van der Waals surface area contributed by atoms with Gasteiger partial charge in [-0.05, 0) is 56.5 Å². The summed E-state index contributed by atoms with van der Waals surface area (Å²) in [6.45, 7) is 11.3. The summed E-state index contributed by atoms with van der Waals surface area (Å²) in [4.78, 5) is 36.2. The molecule has 4 rings (SSSR count). The summed E-state index contributed by atoms with van der Waals surface area (Å²) < 4.78 is 0. The molecule has 3 aliphatic rings. The predicted molar refractivity (Wildman–Crippen MR) is 131 cm³/mol. The van der Waals surface area contributed by atoms with Crippen LogP contribution in [0.15, 0.2) is 24.3 Å². The van der Waals surface area contributed by atoms with Crippen LogP contribution in [0.1, 0.15) is 48.0 Å². The highest BCUT2D eigenvalue weighted by Gasteiger charge is 2.23. The van der Waals surface area contributed by atoms with Crippen LogP contribution in [-0.2, 0) is 11.3 Å². The Kier molecular flexibility index (Phi) is 8.75. The van der Waals surface area contributed by atoms with E-state index in [1.165, 1.54) is 37.9 Å². The zero-order valence-corrected chi connectivity index (χ0v) is 20.4. The number of hydrogen-bond acceptors (Lipinski definition) is 5. The lowest BCUT2D eigenvalue weighted by molar-refractivity contribution is -0.131. The molecule has 0 aliphatic carbocycles. The van der Waals surface area contributed by atoms with Crippen LogP contribution >= 0.6 is 0 Å². The SMILES string of the molecule is CN(CCN1CCCCC1)C(=O)c1ccc(CN2CCN(CC(=O)N3CCCC3)CC2)cc1. The van der Waals surface area contributed by atoms with E-state index in [4.69, 9.17) is 0 Å². The maximum Gasteiger partial charge on any atom is 0.253 e. The summed E-state index contributed by atoms with van der Waals surface area (Å²) in [5, 5.41) is 0. The molecule has 7 nitrogen and oxygen atoms in total. The number of benzene rings is 1. The molecule has 0 unspecified atom stereocenters. The molecule has 1 aromatic rings. The predicted octanol–water partition coefficient (Wildman–Crippen LogP) is 1.98. The minimum Gasteiger partial charge on any atom is -0.342 e. The van der Waals surface area contributed by atoms with Crippen LogP contribution in [0.4, 0.5) is 0 Å². The van der Waals surface area contributed by atoms with Gasteiger partial charge in [0.15, 0.2) is 0 Å². The summed E-state index contributed by atoms with van der Waals surface area (Å²) in [5.74, 6) is 0.400. The Hall–Kier alpha value is -1.96. The molecule has 0 bridgehead atoms. The smallest absolute Gasteiger partial charge is 0.253 e. The van der Waals surface area contributed by atoms with E-state index in [0.29, 0.717) is 12.5 Å². The molecule has 3 saturated heterocycles. The molecule has 33 heavy (non-hydrogen) atoms. The maximum absolute atomic E-state index is 12.8. The van der Waals surface area contributed by atoms with Crippen molar-refractivity contribution in [1.29, 1.82) is 0 Å². The van der Waals surface area contributed by atoms with Crippen molar-refractivity contribution < 1.29 is 9.59 Å². The molecular formula is C26H41N5O2. The van der Waals surface area contributed by atoms with Crippen molar-refractivity contribution in [2.75, 3.05) is 79.0 Å².